The number of carboxylic acid groups (broad SMARTS) is 1. The third-order valence-electron chi connectivity index (χ3n) is 2.55. The Morgan fingerprint density at radius 3 is 2.68 bits per heavy atom. The van der Waals surface area contributed by atoms with Crippen LogP contribution in [0.2, 0.25) is 5.02 Å². The molecule has 0 saturated heterocycles. The van der Waals surface area contributed by atoms with Gasteiger partial charge in [0.05, 0.1) is 10.6 Å². The lowest BCUT2D eigenvalue weighted by Gasteiger charge is -2.14. The maximum Gasteiger partial charge on any atom is 0.337 e. The van der Waals surface area contributed by atoms with E-state index < -0.39 is 5.97 Å². The normalized spacial score (nSPS) is 11.7. The maximum atomic E-state index is 11.7. The second-order valence-corrected chi connectivity index (χ2v) is 4.70. The molecule has 0 radical (unpaired) electrons. The zero-order valence-corrected chi connectivity index (χ0v) is 11.6. The van der Waals surface area contributed by atoms with Crippen LogP contribution < -0.4 is 10.6 Å². The van der Waals surface area contributed by atoms with Gasteiger partial charge in [0.25, 0.3) is 0 Å². The van der Waals surface area contributed by atoms with Crippen LogP contribution >= 0.6 is 11.6 Å². The van der Waals surface area contributed by atoms with E-state index in [4.69, 9.17) is 16.7 Å². The molecule has 5 nitrogen and oxygen atoms in total. The second kappa shape index (κ2) is 6.99. The summed E-state index contributed by atoms with van der Waals surface area (Å²) in [6.07, 6.45) is 1.86. The maximum absolute atomic E-state index is 11.7. The number of amides is 2. The van der Waals surface area contributed by atoms with Gasteiger partial charge in [-0.2, -0.15) is 0 Å². The minimum absolute atomic E-state index is 0.0407. The van der Waals surface area contributed by atoms with Gasteiger partial charge in [0.1, 0.15) is 0 Å². The van der Waals surface area contributed by atoms with Crippen LogP contribution in [0.3, 0.4) is 0 Å². The number of nitrogens with one attached hydrogen (secondary N) is 2. The highest BCUT2D eigenvalue weighted by Crippen LogP contribution is 2.20. The molecule has 1 aromatic rings. The molecule has 0 spiro atoms. The fraction of sp³-hybridized carbons (Fsp3) is 0.385. The van der Waals surface area contributed by atoms with E-state index in [1.165, 1.54) is 12.1 Å². The van der Waals surface area contributed by atoms with Crippen molar-refractivity contribution in [1.82, 2.24) is 5.32 Å². The van der Waals surface area contributed by atoms with Gasteiger partial charge in [-0.3, -0.25) is 0 Å². The average molecular weight is 285 g/mol. The van der Waals surface area contributed by atoms with Gasteiger partial charge in [-0.15, -0.1) is 0 Å². The molecule has 0 bridgehead atoms. The molecule has 0 heterocycles. The highest BCUT2D eigenvalue weighted by Gasteiger charge is 2.11. The zero-order valence-electron chi connectivity index (χ0n) is 10.9. The Bertz CT molecular complexity index is 477. The molecule has 104 valence electrons. The number of hydrogen-bond donors (Lipinski definition) is 3. The van der Waals surface area contributed by atoms with Gasteiger partial charge in [-0.05, 0) is 31.5 Å². The Kier molecular flexibility index (Phi) is 5.63. The number of halogens is 1. The molecule has 0 aliphatic heterocycles. The fourth-order valence-electron chi connectivity index (χ4n) is 1.66. The quantitative estimate of drug-likeness (QED) is 0.776. The predicted octanol–water partition coefficient (Wildman–Crippen LogP) is 3.35. The number of carboxylic acids is 1. The van der Waals surface area contributed by atoms with Crippen LogP contribution in [0.15, 0.2) is 18.2 Å². The number of carbonyl (C=O) groups is 2. The molecule has 0 saturated carbocycles. The van der Waals surface area contributed by atoms with Gasteiger partial charge >= 0.3 is 12.0 Å². The van der Waals surface area contributed by atoms with E-state index in [1.54, 1.807) is 6.07 Å². The van der Waals surface area contributed by atoms with Crippen LogP contribution in [0.25, 0.3) is 0 Å². The molecule has 1 atom stereocenters. The van der Waals surface area contributed by atoms with Crippen molar-refractivity contribution in [2.75, 3.05) is 5.32 Å². The molecule has 19 heavy (non-hydrogen) atoms. The van der Waals surface area contributed by atoms with E-state index in [-0.39, 0.29) is 22.7 Å². The van der Waals surface area contributed by atoms with E-state index in [1.807, 2.05) is 13.8 Å². The summed E-state index contributed by atoms with van der Waals surface area (Å²) in [6.45, 7) is 3.95. The SMILES string of the molecule is CCCC(C)NC(=O)Nc1ccc(Cl)c(C(=O)O)c1. The highest BCUT2D eigenvalue weighted by molar-refractivity contribution is 6.33. The lowest BCUT2D eigenvalue weighted by molar-refractivity contribution is 0.0697. The molecule has 2 amide bonds. The third kappa shape index (κ3) is 4.79. The smallest absolute Gasteiger partial charge is 0.337 e. The van der Waals surface area contributed by atoms with Crippen molar-refractivity contribution in [2.24, 2.45) is 0 Å². The van der Waals surface area contributed by atoms with Crippen molar-refractivity contribution in [3.05, 3.63) is 28.8 Å². The second-order valence-electron chi connectivity index (χ2n) is 4.29. The standard InChI is InChI=1S/C13H17ClN2O3/c1-3-4-8(2)15-13(19)16-9-5-6-11(14)10(7-9)12(17)18/h5-8H,3-4H2,1-2H3,(H,17,18)(H2,15,16,19). The van der Waals surface area contributed by atoms with Crippen LogP contribution in [0.1, 0.15) is 37.0 Å². The summed E-state index contributed by atoms with van der Waals surface area (Å²) in [5, 5.41) is 14.4. The molecule has 1 aromatic carbocycles. The van der Waals surface area contributed by atoms with Crippen LogP contribution in [0.4, 0.5) is 10.5 Å². The van der Waals surface area contributed by atoms with Gasteiger partial charge in [-0.25, -0.2) is 9.59 Å². The minimum Gasteiger partial charge on any atom is -0.478 e. The molecule has 0 aliphatic carbocycles. The lowest BCUT2D eigenvalue weighted by Crippen LogP contribution is -2.35. The minimum atomic E-state index is -1.13. The molecule has 1 unspecified atom stereocenters. The number of benzene rings is 1. The monoisotopic (exact) mass is 284 g/mol. The Morgan fingerprint density at radius 2 is 2.11 bits per heavy atom. The molecule has 6 heteroatoms. The van der Waals surface area contributed by atoms with Crippen molar-refractivity contribution in [3.8, 4) is 0 Å². The topological polar surface area (TPSA) is 78.4 Å². The number of aromatic carboxylic acids is 1. The summed E-state index contributed by atoms with van der Waals surface area (Å²) >= 11 is 5.74. The van der Waals surface area contributed by atoms with Crippen molar-refractivity contribution in [3.63, 3.8) is 0 Å². The first-order valence-corrected chi connectivity index (χ1v) is 6.42. The van der Waals surface area contributed by atoms with Crippen LogP contribution in [0, 0.1) is 0 Å². The van der Waals surface area contributed by atoms with E-state index >= 15 is 0 Å². The van der Waals surface area contributed by atoms with Gasteiger partial charge < -0.3 is 15.7 Å². The molecule has 0 aromatic heterocycles. The highest BCUT2D eigenvalue weighted by atomic mass is 35.5. The average Bonchev–Trinajstić information content (AvgIpc) is 2.31. The van der Waals surface area contributed by atoms with Crippen LogP contribution in [-0.4, -0.2) is 23.1 Å². The fourth-order valence-corrected chi connectivity index (χ4v) is 1.86. The van der Waals surface area contributed by atoms with E-state index in [9.17, 15) is 9.59 Å². The molecule has 1 rings (SSSR count). The van der Waals surface area contributed by atoms with Crippen molar-refractivity contribution in [2.45, 2.75) is 32.7 Å². The lowest BCUT2D eigenvalue weighted by atomic mass is 10.2. The number of anilines is 1. The van der Waals surface area contributed by atoms with E-state index in [0.29, 0.717) is 5.69 Å². The number of hydrogen-bond acceptors (Lipinski definition) is 2. The summed E-state index contributed by atoms with van der Waals surface area (Å²) in [5.41, 5.74) is 0.351. The molecule has 3 N–H and O–H groups in total. The molecular formula is C13H17ClN2O3. The Morgan fingerprint density at radius 1 is 1.42 bits per heavy atom. The third-order valence-corrected chi connectivity index (χ3v) is 2.88. The Hall–Kier alpha value is -1.75. The summed E-state index contributed by atoms with van der Waals surface area (Å²) in [6, 6.07) is 4.03. The number of urea groups is 1. The first-order valence-electron chi connectivity index (χ1n) is 6.04. The Balaban J connectivity index is 2.69. The molecular weight excluding hydrogens is 268 g/mol. The number of carbonyl (C=O) groups excluding carboxylic acids is 1. The van der Waals surface area contributed by atoms with Gasteiger partial charge in [-0.1, -0.05) is 24.9 Å². The predicted molar refractivity (Wildman–Crippen MR) is 74.9 cm³/mol. The molecule has 0 aliphatic rings. The van der Waals surface area contributed by atoms with Crippen LogP contribution in [0.5, 0.6) is 0 Å². The Labute approximate surface area is 117 Å². The first-order chi connectivity index (χ1) is 8.93. The van der Waals surface area contributed by atoms with Gasteiger partial charge in [0, 0.05) is 11.7 Å². The summed E-state index contributed by atoms with van der Waals surface area (Å²) in [5.74, 6) is -1.13. The largest absolute Gasteiger partial charge is 0.478 e. The van der Waals surface area contributed by atoms with Crippen molar-refractivity contribution < 1.29 is 14.7 Å². The van der Waals surface area contributed by atoms with Crippen LogP contribution in [-0.2, 0) is 0 Å². The van der Waals surface area contributed by atoms with E-state index in [2.05, 4.69) is 10.6 Å². The van der Waals surface area contributed by atoms with Crippen molar-refractivity contribution >= 4 is 29.3 Å². The van der Waals surface area contributed by atoms with Gasteiger partial charge in [0.15, 0.2) is 0 Å². The van der Waals surface area contributed by atoms with Gasteiger partial charge in [0.2, 0.25) is 0 Å². The zero-order chi connectivity index (χ0) is 14.4. The summed E-state index contributed by atoms with van der Waals surface area (Å²) in [7, 11) is 0. The van der Waals surface area contributed by atoms with E-state index in [0.717, 1.165) is 12.8 Å². The summed E-state index contributed by atoms with van der Waals surface area (Å²) < 4.78 is 0. The number of rotatable bonds is 5. The molecule has 0 fully saturated rings. The van der Waals surface area contributed by atoms with Crippen molar-refractivity contribution in [1.29, 1.82) is 0 Å². The first kappa shape index (κ1) is 15.3. The summed E-state index contributed by atoms with van der Waals surface area (Å²) in [4.78, 5) is 22.6.